The van der Waals surface area contributed by atoms with Gasteiger partial charge in [0.15, 0.2) is 0 Å². The molecule has 1 aromatic rings. The molecular formula is C24H34N4O3. The van der Waals surface area contributed by atoms with Gasteiger partial charge in [-0.2, -0.15) is 0 Å². The highest BCUT2D eigenvalue weighted by atomic mass is 16.2. The monoisotopic (exact) mass is 426 g/mol. The van der Waals surface area contributed by atoms with Gasteiger partial charge in [0.05, 0.1) is 6.04 Å². The van der Waals surface area contributed by atoms with Crippen LogP contribution in [0.2, 0.25) is 0 Å². The van der Waals surface area contributed by atoms with Crippen LogP contribution in [-0.2, 0) is 11.3 Å². The third kappa shape index (κ3) is 4.76. The van der Waals surface area contributed by atoms with Gasteiger partial charge in [-0.05, 0) is 87.9 Å². The molecule has 4 bridgehead atoms. The largest absolute Gasteiger partial charge is 0.355 e. The van der Waals surface area contributed by atoms with Gasteiger partial charge in [-0.3, -0.25) is 19.8 Å². The number of carbonyl (C=O) groups excluding carboxylic acids is 3. The van der Waals surface area contributed by atoms with Crippen molar-refractivity contribution in [1.82, 2.24) is 20.9 Å². The lowest BCUT2D eigenvalue weighted by atomic mass is 9.53. The fraction of sp³-hybridized carbons (Fsp3) is 0.625. The number of nitrogens with one attached hydrogen (secondary N) is 3. The van der Waals surface area contributed by atoms with E-state index < -0.39 is 6.04 Å². The molecular weight excluding hydrogens is 392 g/mol. The number of hydrogen-bond donors (Lipinski definition) is 3. The lowest BCUT2D eigenvalue weighted by Crippen LogP contribution is -2.62. The predicted molar refractivity (Wildman–Crippen MR) is 118 cm³/mol. The molecule has 4 aliphatic carbocycles. The van der Waals surface area contributed by atoms with E-state index >= 15 is 0 Å². The standard InChI is InChI=1S/C24H34N4O3/c1-15(28(3)14-16-4-6-20(7-5-16)22(30)25-2)21(29)26-23(31)27-24-11-17-8-18(12-24)10-19(9-17)13-24/h4-7,15,17-19H,8-14H2,1-3H3,(H,25,30)(H2,26,27,29,31)/t15-,17?,18?,19?,24?/m1/s1. The first kappa shape index (κ1) is 21.8. The number of hydrogen-bond acceptors (Lipinski definition) is 4. The van der Waals surface area contributed by atoms with Gasteiger partial charge in [0.25, 0.3) is 5.91 Å². The summed E-state index contributed by atoms with van der Waals surface area (Å²) >= 11 is 0. The maximum atomic E-state index is 12.7. The maximum absolute atomic E-state index is 12.7. The number of rotatable bonds is 6. The molecule has 3 N–H and O–H groups in total. The van der Waals surface area contributed by atoms with Crippen LogP contribution in [0.1, 0.15) is 61.4 Å². The third-order valence-corrected chi connectivity index (χ3v) is 7.57. The van der Waals surface area contributed by atoms with E-state index in [4.69, 9.17) is 0 Å². The number of benzene rings is 1. The molecule has 4 amide bonds. The highest BCUT2D eigenvalue weighted by Crippen LogP contribution is 2.55. The molecule has 0 spiro atoms. The molecule has 4 saturated carbocycles. The maximum Gasteiger partial charge on any atom is 0.321 e. The molecule has 0 aliphatic heterocycles. The summed E-state index contributed by atoms with van der Waals surface area (Å²) in [5.74, 6) is 1.79. The van der Waals surface area contributed by atoms with Crippen molar-refractivity contribution >= 4 is 17.8 Å². The molecule has 7 nitrogen and oxygen atoms in total. The van der Waals surface area contributed by atoms with Gasteiger partial charge < -0.3 is 10.6 Å². The van der Waals surface area contributed by atoms with Crippen molar-refractivity contribution in [1.29, 1.82) is 0 Å². The fourth-order valence-electron chi connectivity index (χ4n) is 6.28. The number of likely N-dealkylation sites (N-methyl/N-ethyl adjacent to an activating group) is 1. The number of amides is 4. The van der Waals surface area contributed by atoms with Crippen molar-refractivity contribution in [2.24, 2.45) is 17.8 Å². The Morgan fingerprint density at radius 3 is 2.10 bits per heavy atom. The van der Waals surface area contributed by atoms with Crippen LogP contribution in [-0.4, -0.2) is 48.4 Å². The summed E-state index contributed by atoms with van der Waals surface area (Å²) in [5, 5.41) is 8.36. The average molecular weight is 427 g/mol. The van der Waals surface area contributed by atoms with Crippen LogP contribution in [0.15, 0.2) is 24.3 Å². The highest BCUT2D eigenvalue weighted by molar-refractivity contribution is 5.97. The van der Waals surface area contributed by atoms with Crippen LogP contribution in [0.3, 0.4) is 0 Å². The lowest BCUT2D eigenvalue weighted by molar-refractivity contribution is -0.124. The zero-order chi connectivity index (χ0) is 22.2. The van der Waals surface area contributed by atoms with E-state index in [0.717, 1.165) is 42.6 Å². The van der Waals surface area contributed by atoms with Crippen LogP contribution >= 0.6 is 0 Å². The molecule has 4 aliphatic rings. The van der Waals surface area contributed by atoms with Crippen molar-refractivity contribution in [3.8, 4) is 0 Å². The molecule has 4 fully saturated rings. The molecule has 0 radical (unpaired) electrons. The van der Waals surface area contributed by atoms with E-state index in [2.05, 4.69) is 16.0 Å². The number of urea groups is 1. The second kappa shape index (κ2) is 8.61. The van der Waals surface area contributed by atoms with Crippen molar-refractivity contribution in [3.63, 3.8) is 0 Å². The average Bonchev–Trinajstić information content (AvgIpc) is 2.71. The first-order chi connectivity index (χ1) is 14.8. The topological polar surface area (TPSA) is 90.5 Å². The van der Waals surface area contributed by atoms with Gasteiger partial charge >= 0.3 is 6.03 Å². The minimum atomic E-state index is -0.458. The summed E-state index contributed by atoms with van der Waals surface area (Å²) in [4.78, 5) is 38.9. The van der Waals surface area contributed by atoms with Crippen molar-refractivity contribution in [2.75, 3.05) is 14.1 Å². The second-order valence-corrected chi connectivity index (χ2v) is 10.0. The molecule has 0 unspecified atom stereocenters. The molecule has 0 saturated heterocycles. The summed E-state index contributed by atoms with van der Waals surface area (Å²) < 4.78 is 0. The first-order valence-corrected chi connectivity index (χ1v) is 11.4. The van der Waals surface area contributed by atoms with Gasteiger partial charge in [0.1, 0.15) is 0 Å². The van der Waals surface area contributed by atoms with Crippen LogP contribution in [0.5, 0.6) is 0 Å². The van der Waals surface area contributed by atoms with Crippen LogP contribution in [0.4, 0.5) is 4.79 Å². The van der Waals surface area contributed by atoms with E-state index in [1.165, 1.54) is 19.3 Å². The molecule has 168 valence electrons. The molecule has 1 atom stereocenters. The van der Waals surface area contributed by atoms with Crippen molar-refractivity contribution < 1.29 is 14.4 Å². The van der Waals surface area contributed by atoms with Gasteiger partial charge in [-0.1, -0.05) is 12.1 Å². The Morgan fingerprint density at radius 2 is 1.58 bits per heavy atom. The van der Waals surface area contributed by atoms with Crippen molar-refractivity contribution in [3.05, 3.63) is 35.4 Å². The smallest absolute Gasteiger partial charge is 0.321 e. The number of imide groups is 1. The summed E-state index contributed by atoms with van der Waals surface area (Å²) in [6.45, 7) is 2.34. The zero-order valence-corrected chi connectivity index (χ0v) is 18.7. The Labute approximate surface area is 184 Å². The molecule has 7 heteroatoms. The Balaban J connectivity index is 1.29. The molecule has 0 heterocycles. The van der Waals surface area contributed by atoms with E-state index in [-0.39, 0.29) is 23.4 Å². The van der Waals surface area contributed by atoms with E-state index in [1.807, 2.05) is 24.1 Å². The molecule has 5 rings (SSSR count). The van der Waals surface area contributed by atoms with Gasteiger partial charge in [0.2, 0.25) is 5.91 Å². The minimum Gasteiger partial charge on any atom is -0.355 e. The normalized spacial score (nSPS) is 29.5. The number of nitrogens with zero attached hydrogens (tertiary/aromatic N) is 1. The molecule has 1 aromatic carbocycles. The lowest BCUT2D eigenvalue weighted by Gasteiger charge is -2.56. The first-order valence-electron chi connectivity index (χ1n) is 11.4. The second-order valence-electron chi connectivity index (χ2n) is 10.0. The zero-order valence-electron chi connectivity index (χ0n) is 18.7. The van der Waals surface area contributed by atoms with Crippen LogP contribution in [0, 0.1) is 17.8 Å². The molecule has 31 heavy (non-hydrogen) atoms. The van der Waals surface area contributed by atoms with Gasteiger partial charge in [0, 0.05) is 24.7 Å². The summed E-state index contributed by atoms with van der Waals surface area (Å²) in [5.41, 5.74) is 1.48. The van der Waals surface area contributed by atoms with E-state index in [0.29, 0.717) is 12.1 Å². The Morgan fingerprint density at radius 1 is 1.03 bits per heavy atom. The van der Waals surface area contributed by atoms with Gasteiger partial charge in [-0.25, -0.2) is 4.79 Å². The third-order valence-electron chi connectivity index (χ3n) is 7.57. The summed E-state index contributed by atoms with van der Waals surface area (Å²) in [7, 11) is 3.46. The van der Waals surface area contributed by atoms with Crippen molar-refractivity contribution in [2.45, 2.75) is 63.6 Å². The van der Waals surface area contributed by atoms with Crippen LogP contribution < -0.4 is 16.0 Å². The predicted octanol–water partition coefficient (Wildman–Crippen LogP) is 2.66. The highest BCUT2D eigenvalue weighted by Gasteiger charge is 2.51. The van der Waals surface area contributed by atoms with E-state index in [1.54, 1.807) is 26.1 Å². The van der Waals surface area contributed by atoms with Gasteiger partial charge in [-0.15, -0.1) is 0 Å². The quantitative estimate of drug-likeness (QED) is 0.652. The van der Waals surface area contributed by atoms with E-state index in [9.17, 15) is 14.4 Å². The Kier molecular flexibility index (Phi) is 6.06. The fourth-order valence-corrected chi connectivity index (χ4v) is 6.28. The number of carbonyl (C=O) groups is 3. The Bertz CT molecular complexity index is 816. The summed E-state index contributed by atoms with van der Waals surface area (Å²) in [6.07, 6.45) is 7.11. The Hall–Kier alpha value is -2.41. The molecule has 0 aromatic heterocycles. The van der Waals surface area contributed by atoms with Crippen LogP contribution in [0.25, 0.3) is 0 Å². The summed E-state index contributed by atoms with van der Waals surface area (Å²) in [6, 6.07) is 6.48. The SMILES string of the molecule is CNC(=O)c1ccc(CN(C)[C@H](C)C(=O)NC(=O)NC23CC4CC(CC(C4)C2)C3)cc1. The minimum absolute atomic E-state index is 0.110.